The number of halogens is 2. The minimum Gasteiger partial charge on any atom is -0.344 e. The Morgan fingerprint density at radius 3 is 2.50 bits per heavy atom. The van der Waals surface area contributed by atoms with E-state index in [1.165, 1.54) is 0 Å². The van der Waals surface area contributed by atoms with Crippen LogP contribution in [0.25, 0.3) is 0 Å². The lowest BCUT2D eigenvalue weighted by Crippen LogP contribution is -2.33. The molecule has 16 heavy (non-hydrogen) atoms. The van der Waals surface area contributed by atoms with Crippen LogP contribution < -0.4 is 0 Å². The first-order valence-electron chi connectivity index (χ1n) is 5.05. The lowest BCUT2D eigenvalue weighted by Gasteiger charge is -2.20. The molecule has 0 aliphatic rings. The predicted molar refractivity (Wildman–Crippen MR) is 70.4 cm³/mol. The van der Waals surface area contributed by atoms with Gasteiger partial charge in [0.15, 0.2) is 0 Å². The van der Waals surface area contributed by atoms with Crippen molar-refractivity contribution >= 4 is 37.8 Å². The fraction of sp³-hybridized carbons (Fsp3) is 0.600. The van der Waals surface area contributed by atoms with Gasteiger partial charge in [-0.2, -0.15) is 5.10 Å². The van der Waals surface area contributed by atoms with Crippen molar-refractivity contribution in [3.05, 3.63) is 14.8 Å². The number of hydrogen-bond donors (Lipinski definition) is 0. The highest BCUT2D eigenvalue weighted by molar-refractivity contribution is 9.13. The first kappa shape index (κ1) is 13.7. The molecule has 0 saturated carbocycles. The van der Waals surface area contributed by atoms with E-state index in [4.69, 9.17) is 0 Å². The van der Waals surface area contributed by atoms with E-state index in [9.17, 15) is 4.79 Å². The van der Waals surface area contributed by atoms with E-state index in [2.05, 4.69) is 37.0 Å². The molecule has 90 valence electrons. The lowest BCUT2D eigenvalue weighted by molar-refractivity contribution is -0.133. The normalized spacial score (nSPS) is 12.6. The van der Waals surface area contributed by atoms with Crippen LogP contribution in [-0.4, -0.2) is 34.2 Å². The fourth-order valence-electron chi connectivity index (χ4n) is 1.42. The van der Waals surface area contributed by atoms with Crippen molar-refractivity contribution in [2.75, 3.05) is 13.6 Å². The fourth-order valence-corrected chi connectivity index (χ4v) is 2.14. The number of likely N-dealkylation sites (N-methyl/N-ethyl adjacent to an activating group) is 1. The molecule has 1 rings (SSSR count). The van der Waals surface area contributed by atoms with Crippen molar-refractivity contribution in [3.8, 4) is 0 Å². The molecule has 4 nitrogen and oxygen atoms in total. The van der Waals surface area contributed by atoms with E-state index >= 15 is 0 Å². The zero-order valence-corrected chi connectivity index (χ0v) is 13.0. The van der Waals surface area contributed by atoms with Gasteiger partial charge in [0.1, 0.15) is 10.6 Å². The van der Waals surface area contributed by atoms with Crippen LogP contribution in [0.4, 0.5) is 0 Å². The second kappa shape index (κ2) is 5.31. The molecule has 0 aliphatic carbocycles. The van der Waals surface area contributed by atoms with Gasteiger partial charge in [-0.15, -0.1) is 0 Å². The van der Waals surface area contributed by atoms with Gasteiger partial charge in [0.2, 0.25) is 5.91 Å². The monoisotopic (exact) mass is 351 g/mol. The van der Waals surface area contributed by atoms with E-state index in [1.54, 1.807) is 16.6 Å². The molecule has 0 fully saturated rings. The van der Waals surface area contributed by atoms with Crippen LogP contribution in [0.15, 0.2) is 9.08 Å². The number of hydrogen-bond acceptors (Lipinski definition) is 2. The molecule has 1 aromatic rings. The molecule has 0 aliphatic heterocycles. The van der Waals surface area contributed by atoms with Gasteiger partial charge in [-0.3, -0.25) is 9.48 Å². The first-order valence-corrected chi connectivity index (χ1v) is 6.63. The minimum atomic E-state index is -0.285. The number of nitrogens with zero attached hydrogens (tertiary/aromatic N) is 3. The quantitative estimate of drug-likeness (QED) is 0.838. The summed E-state index contributed by atoms with van der Waals surface area (Å²) in [7, 11) is 1.79. The average molecular weight is 353 g/mol. The van der Waals surface area contributed by atoms with E-state index in [1.807, 2.05) is 20.8 Å². The summed E-state index contributed by atoms with van der Waals surface area (Å²) in [5.41, 5.74) is 0.942. The van der Waals surface area contributed by atoms with Gasteiger partial charge in [-0.25, -0.2) is 0 Å². The number of carbonyl (C=O) groups excluding carboxylic acids is 1. The predicted octanol–water partition coefficient (Wildman–Crippen LogP) is 2.76. The summed E-state index contributed by atoms with van der Waals surface area (Å²) >= 11 is 6.75. The zero-order chi connectivity index (χ0) is 12.5. The van der Waals surface area contributed by atoms with Gasteiger partial charge in [0, 0.05) is 13.6 Å². The maximum Gasteiger partial charge on any atom is 0.246 e. The standard InChI is InChI=1S/C10H15Br2N3O/c1-5-14(4)10(16)7(3)15-6(2)8(11)9(12)13-15/h7H,5H2,1-4H3. The van der Waals surface area contributed by atoms with Crippen LogP contribution in [-0.2, 0) is 4.79 Å². The molecule has 0 bridgehead atoms. The molecule has 1 aromatic heterocycles. The minimum absolute atomic E-state index is 0.0631. The van der Waals surface area contributed by atoms with Crippen molar-refractivity contribution in [2.45, 2.75) is 26.8 Å². The molecule has 1 amide bonds. The van der Waals surface area contributed by atoms with E-state index in [-0.39, 0.29) is 11.9 Å². The first-order chi connectivity index (χ1) is 7.40. The zero-order valence-electron chi connectivity index (χ0n) is 9.79. The second-order valence-corrected chi connectivity index (χ2v) is 5.21. The van der Waals surface area contributed by atoms with Crippen molar-refractivity contribution in [3.63, 3.8) is 0 Å². The molecule has 0 aromatic carbocycles. The molecule has 6 heteroatoms. The highest BCUT2D eigenvalue weighted by atomic mass is 79.9. The smallest absolute Gasteiger partial charge is 0.246 e. The van der Waals surface area contributed by atoms with E-state index in [0.29, 0.717) is 6.54 Å². The van der Waals surface area contributed by atoms with Crippen molar-refractivity contribution in [1.29, 1.82) is 0 Å². The Hall–Kier alpha value is -0.360. The molecule has 0 spiro atoms. The van der Waals surface area contributed by atoms with Gasteiger partial charge in [0.25, 0.3) is 0 Å². The summed E-state index contributed by atoms with van der Waals surface area (Å²) in [6.07, 6.45) is 0. The third kappa shape index (κ3) is 2.48. The topological polar surface area (TPSA) is 38.1 Å². The summed E-state index contributed by atoms with van der Waals surface area (Å²) in [5, 5.41) is 4.29. The highest BCUT2D eigenvalue weighted by Crippen LogP contribution is 2.27. The van der Waals surface area contributed by atoms with Crippen LogP contribution in [0.2, 0.25) is 0 Å². The molecule has 0 radical (unpaired) electrons. The molecule has 1 heterocycles. The summed E-state index contributed by atoms with van der Waals surface area (Å²) in [4.78, 5) is 13.7. The van der Waals surface area contributed by atoms with Crippen LogP contribution in [0.1, 0.15) is 25.6 Å². The highest BCUT2D eigenvalue weighted by Gasteiger charge is 2.22. The summed E-state index contributed by atoms with van der Waals surface area (Å²) < 4.78 is 3.35. The van der Waals surface area contributed by atoms with Crippen molar-refractivity contribution in [2.24, 2.45) is 0 Å². The molecular weight excluding hydrogens is 338 g/mol. The average Bonchev–Trinajstić information content (AvgIpc) is 2.54. The number of amides is 1. The molecule has 0 saturated heterocycles. The Balaban J connectivity index is 3.01. The number of rotatable bonds is 3. The Kier molecular flexibility index (Phi) is 4.55. The van der Waals surface area contributed by atoms with Crippen LogP contribution >= 0.6 is 31.9 Å². The SMILES string of the molecule is CCN(C)C(=O)C(C)n1nc(Br)c(Br)c1C. The number of carbonyl (C=O) groups is 1. The summed E-state index contributed by atoms with van der Waals surface area (Å²) in [6, 6.07) is -0.285. The van der Waals surface area contributed by atoms with Crippen molar-refractivity contribution < 1.29 is 4.79 Å². The Morgan fingerprint density at radius 2 is 2.12 bits per heavy atom. The Bertz CT molecular complexity index is 403. The van der Waals surface area contributed by atoms with Crippen molar-refractivity contribution in [1.82, 2.24) is 14.7 Å². The van der Waals surface area contributed by atoms with E-state index in [0.717, 1.165) is 14.8 Å². The van der Waals surface area contributed by atoms with Gasteiger partial charge in [-0.05, 0) is 52.6 Å². The molecule has 1 atom stereocenters. The van der Waals surface area contributed by atoms with Gasteiger partial charge < -0.3 is 4.90 Å². The summed E-state index contributed by atoms with van der Waals surface area (Å²) in [5.74, 6) is 0.0631. The Morgan fingerprint density at radius 1 is 1.56 bits per heavy atom. The molecular formula is C10H15Br2N3O. The van der Waals surface area contributed by atoms with E-state index < -0.39 is 0 Å². The largest absolute Gasteiger partial charge is 0.344 e. The third-order valence-corrected chi connectivity index (χ3v) is 4.65. The van der Waals surface area contributed by atoms with Gasteiger partial charge >= 0.3 is 0 Å². The summed E-state index contributed by atoms with van der Waals surface area (Å²) in [6.45, 7) is 6.43. The van der Waals surface area contributed by atoms with Gasteiger partial charge in [-0.1, -0.05) is 0 Å². The molecule has 1 unspecified atom stereocenters. The Labute approximate surface area is 112 Å². The lowest BCUT2D eigenvalue weighted by atomic mass is 10.3. The maximum atomic E-state index is 12.0. The maximum absolute atomic E-state index is 12.0. The van der Waals surface area contributed by atoms with Crippen LogP contribution in [0.3, 0.4) is 0 Å². The number of aromatic nitrogens is 2. The third-order valence-electron chi connectivity index (χ3n) is 2.61. The van der Waals surface area contributed by atoms with Crippen LogP contribution in [0, 0.1) is 6.92 Å². The second-order valence-electron chi connectivity index (χ2n) is 3.66. The van der Waals surface area contributed by atoms with Crippen LogP contribution in [0.5, 0.6) is 0 Å². The molecule has 0 N–H and O–H groups in total. The van der Waals surface area contributed by atoms with Gasteiger partial charge in [0.05, 0.1) is 10.2 Å².